The van der Waals surface area contributed by atoms with Gasteiger partial charge in [0.2, 0.25) is 0 Å². The third-order valence-corrected chi connectivity index (χ3v) is 6.27. The molecule has 0 bridgehead atoms. The first-order chi connectivity index (χ1) is 20.3. The van der Waals surface area contributed by atoms with Crippen LogP contribution in [-0.4, -0.2) is 151 Å². The molecule has 2 aliphatic heterocycles. The lowest BCUT2D eigenvalue weighted by Crippen LogP contribution is -2.48. The molecule has 0 aromatic carbocycles. The average molecular weight is 597 g/mol. The predicted molar refractivity (Wildman–Crippen MR) is 151 cm³/mol. The first kappa shape index (κ1) is 36.7. The molecule has 12 heteroatoms. The molecule has 2 aliphatic rings. The lowest BCUT2D eigenvalue weighted by Gasteiger charge is -2.33. The van der Waals surface area contributed by atoms with Crippen LogP contribution in [0.1, 0.15) is 39.0 Å². The van der Waals surface area contributed by atoms with Crippen molar-refractivity contribution < 1.29 is 56.8 Å². The summed E-state index contributed by atoms with van der Waals surface area (Å²) in [6, 6.07) is 0. The van der Waals surface area contributed by atoms with Gasteiger partial charge < -0.3 is 56.8 Å². The minimum atomic E-state index is -0.777. The second-order valence-electron chi connectivity index (χ2n) is 9.88. The van der Waals surface area contributed by atoms with E-state index in [1.807, 2.05) is 0 Å². The van der Waals surface area contributed by atoms with Crippen LogP contribution in [0.2, 0.25) is 0 Å². The molecule has 0 amide bonds. The zero-order valence-electron chi connectivity index (χ0n) is 25.4. The SMILES string of the molecule is CCCCOCC1(OCCOCCOCCOC2CCCCO2)COCCOCCOCCOCCOCCOC1. The van der Waals surface area contributed by atoms with Gasteiger partial charge in [-0.3, -0.25) is 0 Å². The summed E-state index contributed by atoms with van der Waals surface area (Å²) < 4.78 is 69.0. The molecule has 2 fully saturated rings. The van der Waals surface area contributed by atoms with Gasteiger partial charge in [-0.25, -0.2) is 0 Å². The molecule has 1 atom stereocenters. The summed E-state index contributed by atoms with van der Waals surface area (Å²) in [5, 5.41) is 0. The molecule has 0 saturated carbocycles. The third kappa shape index (κ3) is 21.0. The monoisotopic (exact) mass is 596 g/mol. The van der Waals surface area contributed by atoms with Gasteiger partial charge in [-0.05, 0) is 25.7 Å². The Hall–Kier alpha value is -0.480. The van der Waals surface area contributed by atoms with Crippen molar-refractivity contribution in [2.75, 3.05) is 139 Å². The minimum Gasteiger partial charge on any atom is -0.378 e. The van der Waals surface area contributed by atoms with Gasteiger partial charge in [0.25, 0.3) is 0 Å². The fourth-order valence-corrected chi connectivity index (χ4v) is 3.99. The van der Waals surface area contributed by atoms with E-state index in [9.17, 15) is 0 Å². The zero-order chi connectivity index (χ0) is 28.9. The number of hydrogen-bond donors (Lipinski definition) is 0. The second-order valence-corrected chi connectivity index (χ2v) is 9.88. The second kappa shape index (κ2) is 27.1. The smallest absolute Gasteiger partial charge is 0.157 e. The summed E-state index contributed by atoms with van der Waals surface area (Å²) in [6.07, 6.45) is 5.16. The summed E-state index contributed by atoms with van der Waals surface area (Å²) in [5.41, 5.74) is -0.777. The molecule has 2 saturated heterocycles. The van der Waals surface area contributed by atoms with Gasteiger partial charge in [0.1, 0.15) is 5.60 Å². The van der Waals surface area contributed by atoms with Gasteiger partial charge in [0, 0.05) is 13.2 Å². The third-order valence-electron chi connectivity index (χ3n) is 6.27. The van der Waals surface area contributed by atoms with Gasteiger partial charge in [-0.15, -0.1) is 0 Å². The summed E-state index contributed by atoms with van der Waals surface area (Å²) in [7, 11) is 0. The Labute approximate surface area is 246 Å². The van der Waals surface area contributed by atoms with Gasteiger partial charge in [0.05, 0.1) is 126 Å². The van der Waals surface area contributed by atoms with Crippen LogP contribution in [0.5, 0.6) is 0 Å². The van der Waals surface area contributed by atoms with Crippen LogP contribution in [0.15, 0.2) is 0 Å². The molecule has 0 spiro atoms. The van der Waals surface area contributed by atoms with Crippen LogP contribution < -0.4 is 0 Å². The number of unbranched alkanes of at least 4 members (excludes halogenated alkanes) is 1. The van der Waals surface area contributed by atoms with Crippen LogP contribution in [0.4, 0.5) is 0 Å². The molecule has 12 nitrogen and oxygen atoms in total. The van der Waals surface area contributed by atoms with Gasteiger partial charge in [-0.1, -0.05) is 13.3 Å². The zero-order valence-corrected chi connectivity index (χ0v) is 25.4. The Kier molecular flexibility index (Phi) is 24.3. The van der Waals surface area contributed by atoms with Crippen molar-refractivity contribution in [2.24, 2.45) is 0 Å². The van der Waals surface area contributed by atoms with E-state index in [1.54, 1.807) is 0 Å². The van der Waals surface area contributed by atoms with Crippen molar-refractivity contribution in [3.63, 3.8) is 0 Å². The Morgan fingerprint density at radius 1 is 0.561 bits per heavy atom. The summed E-state index contributed by atoms with van der Waals surface area (Å²) >= 11 is 0. The molecule has 2 rings (SSSR count). The molecule has 2 heterocycles. The van der Waals surface area contributed by atoms with Gasteiger partial charge >= 0.3 is 0 Å². The van der Waals surface area contributed by atoms with Crippen LogP contribution in [0.3, 0.4) is 0 Å². The van der Waals surface area contributed by atoms with E-state index >= 15 is 0 Å². The molecule has 0 radical (unpaired) electrons. The average Bonchev–Trinajstić information content (AvgIpc) is 3.00. The predicted octanol–water partition coefficient (Wildman–Crippen LogP) is 2.25. The molecule has 1 unspecified atom stereocenters. The van der Waals surface area contributed by atoms with E-state index in [-0.39, 0.29) is 6.29 Å². The van der Waals surface area contributed by atoms with Crippen LogP contribution in [-0.2, 0) is 56.8 Å². The topological polar surface area (TPSA) is 111 Å². The van der Waals surface area contributed by atoms with E-state index in [0.29, 0.717) is 132 Å². The highest BCUT2D eigenvalue weighted by atomic mass is 16.7. The largest absolute Gasteiger partial charge is 0.378 e. The number of rotatable bonds is 16. The number of ether oxygens (including phenoxy) is 12. The highest BCUT2D eigenvalue weighted by Gasteiger charge is 2.33. The Morgan fingerprint density at radius 3 is 1.63 bits per heavy atom. The van der Waals surface area contributed by atoms with Gasteiger partial charge in [0.15, 0.2) is 6.29 Å². The normalized spacial score (nSPS) is 22.9. The van der Waals surface area contributed by atoms with E-state index in [2.05, 4.69) is 6.92 Å². The number of hydrogen-bond acceptors (Lipinski definition) is 12. The van der Waals surface area contributed by atoms with Crippen molar-refractivity contribution in [2.45, 2.75) is 50.9 Å². The Morgan fingerprint density at radius 2 is 1.10 bits per heavy atom. The van der Waals surface area contributed by atoms with E-state index < -0.39 is 5.60 Å². The lowest BCUT2D eigenvalue weighted by molar-refractivity contribution is -0.178. The Bertz CT molecular complexity index is 530. The van der Waals surface area contributed by atoms with Crippen molar-refractivity contribution in [1.29, 1.82) is 0 Å². The minimum absolute atomic E-state index is 0.0891. The van der Waals surface area contributed by atoms with E-state index in [4.69, 9.17) is 56.8 Å². The van der Waals surface area contributed by atoms with Crippen LogP contribution in [0, 0.1) is 0 Å². The fraction of sp³-hybridized carbons (Fsp3) is 1.00. The van der Waals surface area contributed by atoms with Crippen molar-refractivity contribution in [3.8, 4) is 0 Å². The maximum absolute atomic E-state index is 6.32. The van der Waals surface area contributed by atoms with E-state index in [1.165, 1.54) is 0 Å². The quantitative estimate of drug-likeness (QED) is 0.244. The highest BCUT2D eigenvalue weighted by molar-refractivity contribution is 4.81. The van der Waals surface area contributed by atoms with Gasteiger partial charge in [-0.2, -0.15) is 0 Å². The highest BCUT2D eigenvalue weighted by Crippen LogP contribution is 2.16. The van der Waals surface area contributed by atoms with Crippen LogP contribution in [0.25, 0.3) is 0 Å². The molecule has 0 aliphatic carbocycles. The molecular formula is C29H56O12. The summed E-state index contributed by atoms with van der Waals surface area (Å²) in [5.74, 6) is 0. The first-order valence-corrected chi connectivity index (χ1v) is 15.4. The van der Waals surface area contributed by atoms with Crippen LogP contribution >= 0.6 is 0 Å². The maximum Gasteiger partial charge on any atom is 0.157 e. The molecule has 0 N–H and O–H groups in total. The van der Waals surface area contributed by atoms with E-state index in [0.717, 1.165) is 38.7 Å². The van der Waals surface area contributed by atoms with Crippen molar-refractivity contribution >= 4 is 0 Å². The summed E-state index contributed by atoms with van der Waals surface area (Å²) in [4.78, 5) is 0. The lowest BCUT2D eigenvalue weighted by atomic mass is 10.1. The molecule has 0 aromatic rings. The molecule has 244 valence electrons. The molecule has 0 aromatic heterocycles. The maximum atomic E-state index is 6.32. The van der Waals surface area contributed by atoms with Crippen molar-refractivity contribution in [3.05, 3.63) is 0 Å². The fourth-order valence-electron chi connectivity index (χ4n) is 3.99. The summed E-state index contributed by atoms with van der Waals surface area (Å²) in [6.45, 7) is 12.2. The first-order valence-electron chi connectivity index (χ1n) is 15.4. The molecular weight excluding hydrogens is 540 g/mol. The van der Waals surface area contributed by atoms with Crippen molar-refractivity contribution in [1.82, 2.24) is 0 Å². The standard InChI is InChI=1S/C29H56O12/c1-2-3-7-36-25-29(41-24-22-35-16-15-34-21-23-40-28-6-4-5-8-39-28)26-37-19-17-32-13-11-30-9-10-31-12-14-33-18-20-38-27-29/h28H,2-27H2,1H3. The molecule has 41 heavy (non-hydrogen) atoms. The Balaban J connectivity index is 1.71.